The molecule has 0 aliphatic carbocycles. The number of nitrogens with zero attached hydrogens (tertiary/aromatic N) is 4. The number of aromatic nitrogens is 4. The predicted octanol–water partition coefficient (Wildman–Crippen LogP) is 1.92. The number of hydrogen-bond acceptors (Lipinski definition) is 5. The van der Waals surface area contributed by atoms with Crippen molar-refractivity contribution >= 4 is 17.1 Å². The third-order valence-electron chi connectivity index (χ3n) is 3.87. The van der Waals surface area contributed by atoms with E-state index in [4.69, 9.17) is 4.74 Å². The molecule has 7 nitrogen and oxygen atoms in total. The summed E-state index contributed by atoms with van der Waals surface area (Å²) in [6, 6.07) is 3.70. The van der Waals surface area contributed by atoms with E-state index in [0.29, 0.717) is 23.5 Å². The minimum absolute atomic E-state index is 0.211. The SMILES string of the molecule is COc1nc(C)cc(C)c1CNC(=O)c1cnc2c(c1)ncn2C. The second-order valence-corrected chi connectivity index (χ2v) is 5.67. The van der Waals surface area contributed by atoms with Crippen LogP contribution in [0.4, 0.5) is 0 Å². The zero-order chi connectivity index (χ0) is 17.3. The van der Waals surface area contributed by atoms with Crippen LogP contribution in [0.25, 0.3) is 11.2 Å². The summed E-state index contributed by atoms with van der Waals surface area (Å²) in [7, 11) is 3.44. The summed E-state index contributed by atoms with van der Waals surface area (Å²) in [5, 5.41) is 2.89. The number of nitrogens with one attached hydrogen (secondary N) is 1. The highest BCUT2D eigenvalue weighted by Crippen LogP contribution is 2.20. The van der Waals surface area contributed by atoms with Gasteiger partial charge in [0.05, 0.1) is 19.0 Å². The number of carbonyl (C=O) groups is 1. The maximum absolute atomic E-state index is 12.4. The molecule has 0 spiro atoms. The molecule has 24 heavy (non-hydrogen) atoms. The van der Waals surface area contributed by atoms with Crippen LogP contribution in [-0.4, -0.2) is 32.5 Å². The van der Waals surface area contributed by atoms with Gasteiger partial charge in [-0.3, -0.25) is 4.79 Å². The van der Waals surface area contributed by atoms with Gasteiger partial charge in [0.25, 0.3) is 5.91 Å². The lowest BCUT2D eigenvalue weighted by atomic mass is 10.1. The number of carbonyl (C=O) groups excluding carboxylic acids is 1. The molecule has 0 unspecified atom stereocenters. The maximum Gasteiger partial charge on any atom is 0.253 e. The summed E-state index contributed by atoms with van der Waals surface area (Å²) in [6.07, 6.45) is 3.22. The smallest absolute Gasteiger partial charge is 0.253 e. The van der Waals surface area contributed by atoms with Crippen LogP contribution >= 0.6 is 0 Å². The quantitative estimate of drug-likeness (QED) is 0.792. The Morgan fingerprint density at radius 1 is 1.29 bits per heavy atom. The highest BCUT2D eigenvalue weighted by Gasteiger charge is 2.13. The highest BCUT2D eigenvalue weighted by molar-refractivity contribution is 5.96. The number of fused-ring (bicyclic) bond motifs is 1. The molecular formula is C17H19N5O2. The summed E-state index contributed by atoms with van der Waals surface area (Å²) >= 11 is 0. The topological polar surface area (TPSA) is 81.9 Å². The molecule has 1 N–H and O–H groups in total. The number of imidazole rings is 1. The maximum atomic E-state index is 12.4. The van der Waals surface area contributed by atoms with Gasteiger partial charge in [-0.15, -0.1) is 0 Å². The van der Waals surface area contributed by atoms with Gasteiger partial charge < -0.3 is 14.6 Å². The molecule has 0 aromatic carbocycles. The molecule has 1 amide bonds. The van der Waals surface area contributed by atoms with E-state index in [0.717, 1.165) is 22.5 Å². The van der Waals surface area contributed by atoms with E-state index in [-0.39, 0.29) is 5.91 Å². The van der Waals surface area contributed by atoms with Crippen LogP contribution in [0.2, 0.25) is 0 Å². The molecule has 3 rings (SSSR count). The molecule has 0 atom stereocenters. The van der Waals surface area contributed by atoms with E-state index in [1.807, 2.05) is 31.5 Å². The van der Waals surface area contributed by atoms with Gasteiger partial charge in [0.2, 0.25) is 5.88 Å². The van der Waals surface area contributed by atoms with Gasteiger partial charge in [0, 0.05) is 31.0 Å². The molecule has 0 radical (unpaired) electrons. The number of pyridine rings is 2. The van der Waals surface area contributed by atoms with Crippen LogP contribution in [0.3, 0.4) is 0 Å². The van der Waals surface area contributed by atoms with Crippen LogP contribution in [-0.2, 0) is 13.6 Å². The average Bonchev–Trinajstić information content (AvgIpc) is 2.93. The van der Waals surface area contributed by atoms with Crippen molar-refractivity contribution in [2.24, 2.45) is 7.05 Å². The highest BCUT2D eigenvalue weighted by atomic mass is 16.5. The summed E-state index contributed by atoms with van der Waals surface area (Å²) in [6.45, 7) is 4.22. The Hall–Kier alpha value is -2.96. The van der Waals surface area contributed by atoms with Crippen molar-refractivity contribution in [2.75, 3.05) is 7.11 Å². The molecule has 124 valence electrons. The van der Waals surface area contributed by atoms with Gasteiger partial charge in [0.1, 0.15) is 5.52 Å². The summed E-state index contributed by atoms with van der Waals surface area (Å²) < 4.78 is 7.13. The van der Waals surface area contributed by atoms with E-state index < -0.39 is 0 Å². The van der Waals surface area contributed by atoms with E-state index in [1.165, 1.54) is 0 Å². The van der Waals surface area contributed by atoms with Crippen LogP contribution in [0.1, 0.15) is 27.2 Å². The van der Waals surface area contributed by atoms with Crippen LogP contribution in [0.5, 0.6) is 5.88 Å². The summed E-state index contributed by atoms with van der Waals surface area (Å²) in [5.74, 6) is 0.322. The van der Waals surface area contributed by atoms with E-state index in [1.54, 1.807) is 25.7 Å². The second kappa shape index (κ2) is 6.27. The van der Waals surface area contributed by atoms with E-state index in [9.17, 15) is 4.79 Å². The van der Waals surface area contributed by atoms with Gasteiger partial charge in [0.15, 0.2) is 5.65 Å². The standard InChI is InChI=1S/C17H19N5O2/c1-10-5-11(2)21-17(24-4)13(10)8-19-16(23)12-6-14-15(18-7-12)22(3)9-20-14/h5-7,9H,8H2,1-4H3,(H,19,23). The Kier molecular flexibility index (Phi) is 4.16. The molecule has 0 bridgehead atoms. The first-order chi connectivity index (χ1) is 11.5. The van der Waals surface area contributed by atoms with Crippen LogP contribution < -0.4 is 10.1 Å². The molecule has 3 aromatic heterocycles. The first-order valence-electron chi connectivity index (χ1n) is 7.56. The van der Waals surface area contributed by atoms with Gasteiger partial charge >= 0.3 is 0 Å². The van der Waals surface area contributed by atoms with Crippen molar-refractivity contribution < 1.29 is 9.53 Å². The molecule has 3 heterocycles. The fourth-order valence-electron chi connectivity index (χ4n) is 2.62. The van der Waals surface area contributed by atoms with Crippen LogP contribution in [0, 0.1) is 13.8 Å². The summed E-state index contributed by atoms with van der Waals surface area (Å²) in [5.41, 5.74) is 4.67. The Labute approximate surface area is 139 Å². The van der Waals surface area contributed by atoms with Gasteiger partial charge in [-0.05, 0) is 31.5 Å². The zero-order valence-corrected chi connectivity index (χ0v) is 14.1. The molecule has 0 saturated carbocycles. The van der Waals surface area contributed by atoms with Gasteiger partial charge in [-0.25, -0.2) is 15.0 Å². The Bertz CT molecular complexity index is 917. The first kappa shape index (κ1) is 15.9. The Balaban J connectivity index is 1.80. The lowest BCUT2D eigenvalue weighted by Crippen LogP contribution is -2.24. The molecule has 3 aromatic rings. The molecule has 0 saturated heterocycles. The second-order valence-electron chi connectivity index (χ2n) is 5.67. The molecule has 0 aliphatic heterocycles. The van der Waals surface area contributed by atoms with Gasteiger partial charge in [-0.1, -0.05) is 0 Å². The number of hydrogen-bond donors (Lipinski definition) is 1. The van der Waals surface area contributed by atoms with Crippen LogP contribution in [0.15, 0.2) is 24.7 Å². The van der Waals surface area contributed by atoms with Crippen molar-refractivity contribution in [1.82, 2.24) is 24.8 Å². The number of rotatable bonds is 4. The van der Waals surface area contributed by atoms with E-state index >= 15 is 0 Å². The van der Waals surface area contributed by atoms with E-state index in [2.05, 4.69) is 20.3 Å². The summed E-state index contributed by atoms with van der Waals surface area (Å²) in [4.78, 5) is 25.3. The van der Waals surface area contributed by atoms with Crippen molar-refractivity contribution in [3.8, 4) is 5.88 Å². The van der Waals surface area contributed by atoms with Gasteiger partial charge in [-0.2, -0.15) is 0 Å². The average molecular weight is 325 g/mol. The number of aryl methyl sites for hydroxylation is 3. The normalized spacial score (nSPS) is 10.8. The predicted molar refractivity (Wildman–Crippen MR) is 89.9 cm³/mol. The van der Waals surface area contributed by atoms with Crippen molar-refractivity contribution in [3.63, 3.8) is 0 Å². The third-order valence-corrected chi connectivity index (χ3v) is 3.87. The molecular weight excluding hydrogens is 306 g/mol. The molecule has 7 heteroatoms. The third kappa shape index (κ3) is 2.92. The van der Waals surface area contributed by atoms with Crippen molar-refractivity contribution in [2.45, 2.75) is 20.4 Å². The Morgan fingerprint density at radius 3 is 2.83 bits per heavy atom. The van der Waals surface area contributed by atoms with Crippen molar-refractivity contribution in [1.29, 1.82) is 0 Å². The zero-order valence-electron chi connectivity index (χ0n) is 14.1. The lowest BCUT2D eigenvalue weighted by molar-refractivity contribution is 0.0950. The monoisotopic (exact) mass is 325 g/mol. The van der Waals surface area contributed by atoms with Crippen molar-refractivity contribution in [3.05, 3.63) is 47.0 Å². The largest absolute Gasteiger partial charge is 0.481 e. The number of methoxy groups -OCH3 is 1. The minimum Gasteiger partial charge on any atom is -0.481 e. The molecule has 0 fully saturated rings. The first-order valence-corrected chi connectivity index (χ1v) is 7.56. The minimum atomic E-state index is -0.211. The Morgan fingerprint density at radius 2 is 2.08 bits per heavy atom. The lowest BCUT2D eigenvalue weighted by Gasteiger charge is -2.12. The number of amides is 1. The fraction of sp³-hybridized carbons (Fsp3) is 0.294. The number of ether oxygens (including phenoxy) is 1. The molecule has 0 aliphatic rings. The fourth-order valence-corrected chi connectivity index (χ4v) is 2.62.